The number of fused-ring (bicyclic) bond motifs is 1. The third-order valence-corrected chi connectivity index (χ3v) is 4.60. The van der Waals surface area contributed by atoms with Crippen LogP contribution in [-0.4, -0.2) is 34.8 Å². The number of nitrogens with zero attached hydrogens (tertiary/aromatic N) is 1. The Hall–Kier alpha value is -3.08. The number of benzene rings is 2. The Morgan fingerprint density at radius 1 is 1.12 bits per heavy atom. The van der Waals surface area contributed by atoms with E-state index in [0.717, 1.165) is 22.0 Å². The van der Waals surface area contributed by atoms with E-state index < -0.39 is 6.09 Å². The predicted molar refractivity (Wildman–Crippen MR) is 94.2 cm³/mol. The van der Waals surface area contributed by atoms with Crippen LogP contribution in [0.3, 0.4) is 0 Å². The average molecular weight is 334 g/mol. The number of para-hydroxylation sites is 1. The average Bonchev–Trinajstić information content (AvgIpc) is 3.24. The zero-order chi connectivity index (χ0) is 17.2. The molecule has 5 nitrogen and oxygen atoms in total. The highest BCUT2D eigenvalue weighted by molar-refractivity contribution is 5.97. The summed E-state index contributed by atoms with van der Waals surface area (Å²) in [5.74, 6) is -0.262. The molecule has 0 aliphatic carbocycles. The van der Waals surface area contributed by atoms with Gasteiger partial charge in [-0.05, 0) is 17.2 Å². The number of rotatable bonds is 3. The summed E-state index contributed by atoms with van der Waals surface area (Å²) in [6.45, 7) is 0.661. The molecular weight excluding hydrogens is 316 g/mol. The molecule has 2 aromatic carbocycles. The summed E-state index contributed by atoms with van der Waals surface area (Å²) in [4.78, 5) is 29.4. The standard InChI is InChI=1S/C20H18N2O3/c23-19-12-22(20(24)25-13-14-6-2-1-3-7-14)11-17(19)16-10-21-18-9-5-4-8-15(16)18/h1-10,17,21H,11-13H2/t17-/m1/s1. The molecule has 0 unspecified atom stereocenters. The molecular formula is C20H18N2O3. The number of amides is 1. The van der Waals surface area contributed by atoms with Gasteiger partial charge < -0.3 is 9.72 Å². The Morgan fingerprint density at radius 2 is 1.88 bits per heavy atom. The lowest BCUT2D eigenvalue weighted by molar-refractivity contribution is -0.118. The van der Waals surface area contributed by atoms with Gasteiger partial charge in [-0.3, -0.25) is 9.69 Å². The lowest BCUT2D eigenvalue weighted by Crippen LogP contribution is -2.29. The first-order chi connectivity index (χ1) is 12.2. The summed E-state index contributed by atoms with van der Waals surface area (Å²) in [6.07, 6.45) is 1.42. The van der Waals surface area contributed by atoms with Crippen LogP contribution in [0.5, 0.6) is 0 Å². The van der Waals surface area contributed by atoms with Crippen molar-refractivity contribution in [1.29, 1.82) is 0 Å². The quantitative estimate of drug-likeness (QED) is 0.798. The third kappa shape index (κ3) is 3.01. The molecule has 0 spiro atoms. The minimum absolute atomic E-state index is 0.0430. The summed E-state index contributed by atoms with van der Waals surface area (Å²) < 4.78 is 5.34. The van der Waals surface area contributed by atoms with Gasteiger partial charge in [-0.2, -0.15) is 0 Å². The molecule has 1 N–H and O–H groups in total. The molecule has 1 aromatic heterocycles. The molecule has 4 rings (SSSR count). The Balaban J connectivity index is 1.46. The van der Waals surface area contributed by atoms with Crippen molar-refractivity contribution in [2.45, 2.75) is 12.5 Å². The van der Waals surface area contributed by atoms with E-state index in [1.165, 1.54) is 4.90 Å². The van der Waals surface area contributed by atoms with Crippen LogP contribution in [0.4, 0.5) is 4.79 Å². The number of likely N-dealkylation sites (tertiary alicyclic amines) is 1. The summed E-state index contributed by atoms with van der Waals surface area (Å²) >= 11 is 0. The van der Waals surface area contributed by atoms with E-state index in [9.17, 15) is 9.59 Å². The van der Waals surface area contributed by atoms with Gasteiger partial charge in [-0.1, -0.05) is 48.5 Å². The van der Waals surface area contributed by atoms with Crippen LogP contribution >= 0.6 is 0 Å². The first-order valence-electron chi connectivity index (χ1n) is 8.27. The van der Waals surface area contributed by atoms with E-state index in [1.54, 1.807) is 0 Å². The van der Waals surface area contributed by atoms with Crippen molar-refractivity contribution in [1.82, 2.24) is 9.88 Å². The molecule has 1 amide bonds. The van der Waals surface area contributed by atoms with E-state index in [0.29, 0.717) is 6.54 Å². The molecule has 1 fully saturated rings. The van der Waals surface area contributed by atoms with Crippen molar-refractivity contribution in [2.24, 2.45) is 0 Å². The largest absolute Gasteiger partial charge is 0.445 e. The number of aromatic nitrogens is 1. The highest BCUT2D eigenvalue weighted by Crippen LogP contribution is 2.30. The van der Waals surface area contributed by atoms with Gasteiger partial charge in [-0.25, -0.2) is 4.79 Å². The second-order valence-corrected chi connectivity index (χ2v) is 6.23. The lowest BCUT2D eigenvalue weighted by atomic mass is 9.97. The number of Topliss-reactive ketones (excluding diaryl/α,β-unsaturated/α-hetero) is 1. The van der Waals surface area contributed by atoms with Crippen molar-refractivity contribution < 1.29 is 14.3 Å². The fourth-order valence-corrected chi connectivity index (χ4v) is 3.29. The summed E-state index contributed by atoms with van der Waals surface area (Å²) in [7, 11) is 0. The Bertz CT molecular complexity index is 917. The molecule has 1 saturated heterocycles. The summed E-state index contributed by atoms with van der Waals surface area (Å²) in [6, 6.07) is 17.4. The van der Waals surface area contributed by atoms with Crippen molar-refractivity contribution in [3.05, 3.63) is 71.9 Å². The first-order valence-corrected chi connectivity index (χ1v) is 8.27. The number of hydrogen-bond acceptors (Lipinski definition) is 3. The van der Waals surface area contributed by atoms with Gasteiger partial charge in [0.05, 0.1) is 12.5 Å². The smallest absolute Gasteiger partial charge is 0.410 e. The maximum Gasteiger partial charge on any atom is 0.410 e. The number of H-pyrrole nitrogens is 1. The normalized spacial score (nSPS) is 17.2. The van der Waals surface area contributed by atoms with Crippen LogP contribution in [-0.2, 0) is 16.1 Å². The fourth-order valence-electron chi connectivity index (χ4n) is 3.29. The van der Waals surface area contributed by atoms with Crippen LogP contribution in [0.2, 0.25) is 0 Å². The van der Waals surface area contributed by atoms with E-state index in [-0.39, 0.29) is 24.9 Å². The fraction of sp³-hybridized carbons (Fsp3) is 0.200. The van der Waals surface area contributed by atoms with E-state index in [1.807, 2.05) is 60.8 Å². The Kier molecular flexibility index (Phi) is 3.98. The van der Waals surface area contributed by atoms with Gasteiger partial charge in [0.2, 0.25) is 0 Å². The van der Waals surface area contributed by atoms with Crippen molar-refractivity contribution in [2.75, 3.05) is 13.1 Å². The number of carbonyl (C=O) groups is 2. The van der Waals surface area contributed by atoms with Gasteiger partial charge in [0.1, 0.15) is 6.61 Å². The SMILES string of the molecule is O=C1CN(C(=O)OCc2ccccc2)C[C@@H]1c1c[nH]c2ccccc12. The van der Waals surface area contributed by atoms with Gasteiger partial charge in [-0.15, -0.1) is 0 Å². The van der Waals surface area contributed by atoms with Crippen LogP contribution in [0.25, 0.3) is 10.9 Å². The van der Waals surface area contributed by atoms with Crippen LogP contribution in [0.15, 0.2) is 60.8 Å². The molecule has 1 atom stereocenters. The number of hydrogen-bond donors (Lipinski definition) is 1. The molecule has 5 heteroatoms. The van der Waals surface area contributed by atoms with Crippen LogP contribution in [0, 0.1) is 0 Å². The van der Waals surface area contributed by atoms with Crippen LogP contribution in [0.1, 0.15) is 17.0 Å². The topological polar surface area (TPSA) is 62.4 Å². The van der Waals surface area contributed by atoms with Crippen LogP contribution < -0.4 is 0 Å². The van der Waals surface area contributed by atoms with Gasteiger partial charge in [0.15, 0.2) is 5.78 Å². The second kappa shape index (κ2) is 6.43. The molecule has 1 aliphatic rings. The number of nitrogens with one attached hydrogen (secondary N) is 1. The molecule has 2 heterocycles. The molecule has 3 aromatic rings. The molecule has 1 aliphatic heterocycles. The maximum absolute atomic E-state index is 12.4. The maximum atomic E-state index is 12.4. The van der Waals surface area contributed by atoms with Gasteiger partial charge in [0.25, 0.3) is 0 Å². The monoisotopic (exact) mass is 334 g/mol. The van der Waals surface area contributed by atoms with Gasteiger partial charge in [0, 0.05) is 23.6 Å². The minimum Gasteiger partial charge on any atom is -0.445 e. The van der Waals surface area contributed by atoms with Crippen molar-refractivity contribution in [3.63, 3.8) is 0 Å². The molecule has 25 heavy (non-hydrogen) atoms. The number of ether oxygens (including phenoxy) is 1. The zero-order valence-electron chi connectivity index (χ0n) is 13.6. The summed E-state index contributed by atoms with van der Waals surface area (Å²) in [5, 5.41) is 1.03. The zero-order valence-corrected chi connectivity index (χ0v) is 13.6. The van der Waals surface area contributed by atoms with E-state index in [2.05, 4.69) is 4.98 Å². The first kappa shape index (κ1) is 15.4. The van der Waals surface area contributed by atoms with Crippen molar-refractivity contribution in [3.8, 4) is 0 Å². The van der Waals surface area contributed by atoms with Gasteiger partial charge >= 0.3 is 6.09 Å². The second-order valence-electron chi connectivity index (χ2n) is 6.23. The highest BCUT2D eigenvalue weighted by atomic mass is 16.6. The summed E-state index contributed by atoms with van der Waals surface area (Å²) in [5.41, 5.74) is 2.86. The molecule has 126 valence electrons. The van der Waals surface area contributed by atoms with E-state index >= 15 is 0 Å². The third-order valence-electron chi connectivity index (χ3n) is 4.60. The lowest BCUT2D eigenvalue weighted by Gasteiger charge is -2.15. The van der Waals surface area contributed by atoms with E-state index in [4.69, 9.17) is 4.74 Å². The molecule has 0 bridgehead atoms. The molecule has 0 radical (unpaired) electrons. The predicted octanol–water partition coefficient (Wildman–Crippen LogP) is 3.47. The number of aromatic amines is 1. The Labute approximate surface area is 145 Å². The minimum atomic E-state index is -0.445. The molecule has 0 saturated carbocycles. The highest BCUT2D eigenvalue weighted by Gasteiger charge is 2.36. The number of ketones is 1. The number of carbonyl (C=O) groups excluding carboxylic acids is 2. The van der Waals surface area contributed by atoms with Crippen molar-refractivity contribution >= 4 is 22.8 Å². The Morgan fingerprint density at radius 3 is 2.72 bits per heavy atom.